The van der Waals surface area contributed by atoms with E-state index in [1.807, 2.05) is 0 Å². The molecule has 0 heterocycles. The van der Waals surface area contributed by atoms with Crippen LogP contribution in [0.5, 0.6) is 0 Å². The van der Waals surface area contributed by atoms with Gasteiger partial charge in [-0.25, -0.2) is 8.78 Å². The lowest BCUT2D eigenvalue weighted by atomic mass is 10.1. The maximum Gasteiger partial charge on any atom is 0.271 e. The van der Waals surface area contributed by atoms with Crippen LogP contribution in [0.4, 0.5) is 8.78 Å². The summed E-state index contributed by atoms with van der Waals surface area (Å²) in [7, 11) is 0. The van der Waals surface area contributed by atoms with Crippen molar-refractivity contribution in [3.63, 3.8) is 0 Å². The van der Waals surface area contributed by atoms with Crippen molar-refractivity contribution in [3.8, 4) is 0 Å². The molecule has 0 fully saturated rings. The number of hydrogen-bond acceptors (Lipinski definition) is 0. The van der Waals surface area contributed by atoms with Crippen LogP contribution in [0.2, 0.25) is 0 Å². The lowest BCUT2D eigenvalue weighted by Crippen LogP contribution is -1.93. The van der Waals surface area contributed by atoms with E-state index in [4.69, 9.17) is 0 Å². The standard InChI is InChI=1S/C10H8F2/c1-2-9(10(11)12)8-6-4-3-5-7-8/h3-7,10H,1H2. The first kappa shape index (κ1) is 8.69. The topological polar surface area (TPSA) is 0 Å². The average molecular weight is 166 g/mol. The quantitative estimate of drug-likeness (QED) is 0.592. The minimum atomic E-state index is -2.51. The van der Waals surface area contributed by atoms with Gasteiger partial charge in [-0.1, -0.05) is 36.9 Å². The number of hydrogen-bond donors (Lipinski definition) is 0. The van der Waals surface area contributed by atoms with Crippen LogP contribution < -0.4 is 0 Å². The van der Waals surface area contributed by atoms with Crippen LogP contribution in [0, 0.1) is 0 Å². The highest BCUT2D eigenvalue weighted by molar-refractivity contribution is 5.66. The van der Waals surface area contributed by atoms with Gasteiger partial charge in [0.25, 0.3) is 6.43 Å². The van der Waals surface area contributed by atoms with E-state index in [2.05, 4.69) is 12.3 Å². The van der Waals surface area contributed by atoms with Gasteiger partial charge in [-0.2, -0.15) is 0 Å². The minimum Gasteiger partial charge on any atom is -0.204 e. The average Bonchev–Trinajstić information content (AvgIpc) is 2.07. The zero-order valence-corrected chi connectivity index (χ0v) is 6.43. The summed E-state index contributed by atoms with van der Waals surface area (Å²) in [6, 6.07) is 8.40. The first-order chi connectivity index (χ1) is 5.75. The Morgan fingerprint density at radius 3 is 2.25 bits per heavy atom. The number of alkyl halides is 2. The Hall–Kier alpha value is -1.40. The molecule has 0 aliphatic rings. The Kier molecular flexibility index (Phi) is 2.78. The van der Waals surface area contributed by atoms with E-state index in [-0.39, 0.29) is 5.57 Å². The predicted molar refractivity (Wildman–Crippen MR) is 45.0 cm³/mol. The molecule has 0 unspecified atom stereocenters. The highest BCUT2D eigenvalue weighted by Gasteiger charge is 2.11. The molecule has 1 aromatic carbocycles. The molecule has 0 amide bonds. The molecule has 12 heavy (non-hydrogen) atoms. The van der Waals surface area contributed by atoms with Gasteiger partial charge < -0.3 is 0 Å². The number of allylic oxidation sites excluding steroid dienone is 1. The fourth-order valence-electron chi connectivity index (χ4n) is 0.923. The highest BCUT2D eigenvalue weighted by atomic mass is 19.3. The van der Waals surface area contributed by atoms with Crippen LogP contribution in [0.15, 0.2) is 42.6 Å². The first-order valence-corrected chi connectivity index (χ1v) is 3.49. The Balaban J connectivity index is 3.06. The van der Waals surface area contributed by atoms with Crippen molar-refractivity contribution in [3.05, 3.63) is 48.2 Å². The van der Waals surface area contributed by atoms with Crippen LogP contribution in [-0.4, -0.2) is 6.43 Å². The van der Waals surface area contributed by atoms with Crippen molar-refractivity contribution in [1.29, 1.82) is 0 Å². The summed E-state index contributed by atoms with van der Waals surface area (Å²) in [6.07, 6.45) is -2.51. The molecule has 1 rings (SSSR count). The highest BCUT2D eigenvalue weighted by Crippen LogP contribution is 2.19. The number of halogens is 2. The summed E-state index contributed by atoms with van der Waals surface area (Å²) in [5.74, 6) is 0. The molecule has 0 aliphatic heterocycles. The first-order valence-electron chi connectivity index (χ1n) is 3.49. The Morgan fingerprint density at radius 2 is 1.83 bits per heavy atom. The van der Waals surface area contributed by atoms with Crippen molar-refractivity contribution in [2.45, 2.75) is 6.43 Å². The SMILES string of the molecule is C=C=C(c1ccccc1)C(F)F. The Labute approximate surface area is 69.8 Å². The van der Waals surface area contributed by atoms with Crippen molar-refractivity contribution in [1.82, 2.24) is 0 Å². The molecule has 0 saturated carbocycles. The van der Waals surface area contributed by atoms with Gasteiger partial charge in [0.05, 0.1) is 5.57 Å². The third-order valence-corrected chi connectivity index (χ3v) is 1.49. The molecule has 0 aromatic heterocycles. The van der Waals surface area contributed by atoms with Gasteiger partial charge in [-0.15, -0.1) is 5.73 Å². The zero-order valence-electron chi connectivity index (χ0n) is 6.43. The van der Waals surface area contributed by atoms with E-state index >= 15 is 0 Å². The zero-order chi connectivity index (χ0) is 8.97. The molecule has 0 N–H and O–H groups in total. The van der Waals surface area contributed by atoms with Crippen LogP contribution in [0.3, 0.4) is 0 Å². The monoisotopic (exact) mass is 166 g/mol. The fraction of sp³-hybridized carbons (Fsp3) is 0.100. The molecule has 62 valence electrons. The van der Waals surface area contributed by atoms with E-state index < -0.39 is 6.43 Å². The molecule has 2 heteroatoms. The molecule has 0 atom stereocenters. The Morgan fingerprint density at radius 1 is 1.25 bits per heavy atom. The van der Waals surface area contributed by atoms with Crippen LogP contribution in [0.1, 0.15) is 5.56 Å². The van der Waals surface area contributed by atoms with Gasteiger partial charge in [-0.3, -0.25) is 0 Å². The number of rotatable bonds is 2. The van der Waals surface area contributed by atoms with Gasteiger partial charge in [0.1, 0.15) is 0 Å². The van der Waals surface area contributed by atoms with Gasteiger partial charge >= 0.3 is 0 Å². The van der Waals surface area contributed by atoms with Crippen LogP contribution >= 0.6 is 0 Å². The molecule has 1 aromatic rings. The van der Waals surface area contributed by atoms with E-state index in [0.717, 1.165) is 0 Å². The van der Waals surface area contributed by atoms with Crippen molar-refractivity contribution in [2.75, 3.05) is 0 Å². The second kappa shape index (κ2) is 3.84. The molecule has 0 radical (unpaired) electrons. The Bertz CT molecular complexity index is 295. The second-order valence-corrected chi connectivity index (χ2v) is 2.26. The summed E-state index contributed by atoms with van der Waals surface area (Å²) in [6.45, 7) is 3.22. The van der Waals surface area contributed by atoms with Gasteiger partial charge in [0.15, 0.2) is 0 Å². The lowest BCUT2D eigenvalue weighted by Gasteiger charge is -2.01. The molecule has 0 bridgehead atoms. The van der Waals surface area contributed by atoms with Crippen molar-refractivity contribution >= 4 is 5.57 Å². The summed E-state index contributed by atoms with van der Waals surface area (Å²) in [5, 5.41) is 0. The van der Waals surface area contributed by atoms with Gasteiger partial charge in [0.2, 0.25) is 0 Å². The molecule has 0 aliphatic carbocycles. The smallest absolute Gasteiger partial charge is 0.204 e. The molecular formula is C10H8F2. The summed E-state index contributed by atoms with van der Waals surface area (Å²) < 4.78 is 24.5. The fourth-order valence-corrected chi connectivity index (χ4v) is 0.923. The summed E-state index contributed by atoms with van der Waals surface area (Å²) >= 11 is 0. The summed E-state index contributed by atoms with van der Waals surface area (Å²) in [5.41, 5.74) is 2.57. The molecule has 0 saturated heterocycles. The van der Waals surface area contributed by atoms with E-state index in [1.165, 1.54) is 0 Å². The maximum atomic E-state index is 12.2. The maximum absolute atomic E-state index is 12.2. The molecule has 0 nitrogen and oxygen atoms in total. The normalized spacial score (nSPS) is 9.58. The molecule has 0 spiro atoms. The van der Waals surface area contributed by atoms with E-state index in [1.54, 1.807) is 30.3 Å². The number of benzene rings is 1. The van der Waals surface area contributed by atoms with Gasteiger partial charge in [0, 0.05) is 0 Å². The van der Waals surface area contributed by atoms with Crippen molar-refractivity contribution < 1.29 is 8.78 Å². The van der Waals surface area contributed by atoms with E-state index in [0.29, 0.717) is 5.56 Å². The van der Waals surface area contributed by atoms with E-state index in [9.17, 15) is 8.78 Å². The van der Waals surface area contributed by atoms with Crippen molar-refractivity contribution in [2.24, 2.45) is 0 Å². The van der Waals surface area contributed by atoms with Crippen LogP contribution in [0.25, 0.3) is 5.57 Å². The third-order valence-electron chi connectivity index (χ3n) is 1.49. The largest absolute Gasteiger partial charge is 0.271 e. The predicted octanol–water partition coefficient (Wildman–Crippen LogP) is 3.12. The summed E-state index contributed by atoms with van der Waals surface area (Å²) in [4.78, 5) is 0. The van der Waals surface area contributed by atoms with Crippen LogP contribution in [-0.2, 0) is 0 Å². The minimum absolute atomic E-state index is 0.143. The lowest BCUT2D eigenvalue weighted by molar-refractivity contribution is 0.215. The second-order valence-electron chi connectivity index (χ2n) is 2.26. The molecular weight excluding hydrogens is 158 g/mol. The van der Waals surface area contributed by atoms with Gasteiger partial charge in [-0.05, 0) is 5.56 Å². The third kappa shape index (κ3) is 1.80.